The predicted octanol–water partition coefficient (Wildman–Crippen LogP) is 3.07. The van der Waals surface area contributed by atoms with Gasteiger partial charge in [0.1, 0.15) is 12.6 Å². The highest BCUT2D eigenvalue weighted by molar-refractivity contribution is 9.10. The molecule has 2 rings (SSSR count). The van der Waals surface area contributed by atoms with Gasteiger partial charge in [0.15, 0.2) is 11.5 Å². The van der Waals surface area contributed by atoms with Gasteiger partial charge in [0.05, 0.1) is 11.6 Å². The topological polar surface area (TPSA) is 59.0 Å². The van der Waals surface area contributed by atoms with E-state index in [1.165, 1.54) is 0 Å². The zero-order chi connectivity index (χ0) is 16.1. The molecule has 1 aromatic carbocycles. The second-order valence-electron chi connectivity index (χ2n) is 5.18. The van der Waals surface area contributed by atoms with Gasteiger partial charge in [0, 0.05) is 6.54 Å². The van der Waals surface area contributed by atoms with Crippen molar-refractivity contribution in [2.45, 2.75) is 25.4 Å². The van der Waals surface area contributed by atoms with Crippen LogP contribution < -0.4 is 9.47 Å². The first-order valence-electron chi connectivity index (χ1n) is 7.13. The molecule has 6 heteroatoms. The van der Waals surface area contributed by atoms with Crippen LogP contribution in [-0.2, 0) is 11.3 Å². The van der Waals surface area contributed by atoms with Crippen LogP contribution in [0, 0.1) is 0 Å². The first-order chi connectivity index (χ1) is 10.6. The number of hydrogen-bond donors (Lipinski definition) is 1. The maximum atomic E-state index is 11.3. The molecule has 0 bridgehead atoms. The van der Waals surface area contributed by atoms with Crippen molar-refractivity contribution < 1.29 is 19.4 Å². The van der Waals surface area contributed by atoms with Crippen LogP contribution in [0.5, 0.6) is 11.5 Å². The summed E-state index contributed by atoms with van der Waals surface area (Å²) < 4.78 is 11.8. The molecular weight excluding hydrogens is 350 g/mol. The highest BCUT2D eigenvalue weighted by Gasteiger charge is 2.30. The van der Waals surface area contributed by atoms with Crippen molar-refractivity contribution in [1.82, 2.24) is 4.90 Å². The third kappa shape index (κ3) is 3.81. The summed E-state index contributed by atoms with van der Waals surface area (Å²) in [5.74, 6) is 0.495. The summed E-state index contributed by atoms with van der Waals surface area (Å²) >= 11 is 3.49. The van der Waals surface area contributed by atoms with Crippen LogP contribution in [0.1, 0.15) is 18.4 Å². The monoisotopic (exact) mass is 369 g/mol. The fraction of sp³-hybridized carbons (Fsp3) is 0.438. The lowest BCUT2D eigenvalue weighted by Crippen LogP contribution is -2.35. The second kappa shape index (κ2) is 7.65. The normalized spacial score (nSPS) is 18.2. The number of nitrogens with zero attached hydrogens (tertiary/aromatic N) is 1. The van der Waals surface area contributed by atoms with Gasteiger partial charge in [0.2, 0.25) is 0 Å². The van der Waals surface area contributed by atoms with E-state index in [2.05, 4.69) is 22.5 Å². The van der Waals surface area contributed by atoms with Crippen molar-refractivity contribution >= 4 is 21.9 Å². The molecule has 0 aromatic heterocycles. The number of halogens is 1. The van der Waals surface area contributed by atoms with Crippen molar-refractivity contribution in [3.8, 4) is 11.5 Å². The Bertz CT molecular complexity index is 561. The Hall–Kier alpha value is -1.53. The van der Waals surface area contributed by atoms with E-state index in [4.69, 9.17) is 9.47 Å². The molecule has 0 spiro atoms. The Balaban J connectivity index is 2.19. The fourth-order valence-corrected chi connectivity index (χ4v) is 3.28. The number of hydrogen-bond acceptors (Lipinski definition) is 4. The summed E-state index contributed by atoms with van der Waals surface area (Å²) in [5, 5.41) is 9.25. The van der Waals surface area contributed by atoms with Crippen LogP contribution in [0.4, 0.5) is 0 Å². The van der Waals surface area contributed by atoms with E-state index in [1.54, 1.807) is 13.2 Å². The molecule has 0 radical (unpaired) electrons. The van der Waals surface area contributed by atoms with Gasteiger partial charge in [0.25, 0.3) is 0 Å². The van der Waals surface area contributed by atoms with Crippen LogP contribution in [0.25, 0.3) is 0 Å². The number of aliphatic carboxylic acids is 1. The molecule has 1 atom stereocenters. The Labute approximate surface area is 138 Å². The van der Waals surface area contributed by atoms with Gasteiger partial charge in [-0.25, -0.2) is 0 Å². The molecule has 1 aliphatic rings. The standard InChI is InChI=1S/C16H20BrNO4/c1-3-7-22-15-12(17)8-11(9-14(15)21-2)10-18-6-4-5-13(18)16(19)20/h3,8-9,13H,1,4-7,10H2,2H3,(H,19,20)/t13-/m1/s1. The zero-order valence-corrected chi connectivity index (χ0v) is 14.1. The van der Waals surface area contributed by atoms with E-state index in [0.717, 1.165) is 23.0 Å². The third-order valence-corrected chi connectivity index (χ3v) is 4.26. The third-order valence-electron chi connectivity index (χ3n) is 3.67. The molecule has 22 heavy (non-hydrogen) atoms. The molecular formula is C16H20BrNO4. The molecule has 1 aromatic rings. The average molecular weight is 370 g/mol. The highest BCUT2D eigenvalue weighted by Crippen LogP contribution is 2.37. The SMILES string of the molecule is C=CCOc1c(Br)cc(CN2CCC[C@@H]2C(=O)O)cc1OC. The Morgan fingerprint density at radius 3 is 3.00 bits per heavy atom. The number of benzene rings is 1. The lowest BCUT2D eigenvalue weighted by Gasteiger charge is -2.22. The van der Waals surface area contributed by atoms with Crippen molar-refractivity contribution in [3.63, 3.8) is 0 Å². The highest BCUT2D eigenvalue weighted by atomic mass is 79.9. The Morgan fingerprint density at radius 2 is 2.36 bits per heavy atom. The fourth-order valence-electron chi connectivity index (χ4n) is 2.68. The maximum Gasteiger partial charge on any atom is 0.320 e. The van der Waals surface area contributed by atoms with Crippen LogP contribution in [0.3, 0.4) is 0 Å². The van der Waals surface area contributed by atoms with E-state index < -0.39 is 12.0 Å². The van der Waals surface area contributed by atoms with E-state index in [1.807, 2.05) is 17.0 Å². The van der Waals surface area contributed by atoms with Gasteiger partial charge < -0.3 is 14.6 Å². The number of likely N-dealkylation sites (tertiary alicyclic amines) is 1. The smallest absolute Gasteiger partial charge is 0.320 e. The van der Waals surface area contributed by atoms with Crippen LogP contribution >= 0.6 is 15.9 Å². The molecule has 1 N–H and O–H groups in total. The minimum Gasteiger partial charge on any atom is -0.493 e. The maximum absolute atomic E-state index is 11.3. The van der Waals surface area contributed by atoms with Gasteiger partial charge >= 0.3 is 5.97 Å². The van der Waals surface area contributed by atoms with E-state index in [9.17, 15) is 9.90 Å². The largest absolute Gasteiger partial charge is 0.493 e. The lowest BCUT2D eigenvalue weighted by molar-refractivity contribution is -0.142. The van der Waals surface area contributed by atoms with E-state index in [-0.39, 0.29) is 0 Å². The molecule has 1 saturated heterocycles. The Morgan fingerprint density at radius 1 is 1.59 bits per heavy atom. The molecule has 120 valence electrons. The number of carboxylic acids is 1. The number of carbonyl (C=O) groups is 1. The predicted molar refractivity (Wildman–Crippen MR) is 87.5 cm³/mol. The molecule has 0 unspecified atom stereocenters. The molecule has 0 amide bonds. The summed E-state index contributed by atoms with van der Waals surface area (Å²) in [6.45, 7) is 5.39. The summed E-state index contributed by atoms with van der Waals surface area (Å²) in [5.41, 5.74) is 0.989. The van der Waals surface area contributed by atoms with Gasteiger partial charge in [-0.05, 0) is 53.0 Å². The Kier molecular flexibility index (Phi) is 5.85. The zero-order valence-electron chi connectivity index (χ0n) is 12.5. The molecule has 1 aliphatic heterocycles. The number of rotatable bonds is 7. The summed E-state index contributed by atoms with van der Waals surface area (Å²) in [6.07, 6.45) is 3.28. The molecule has 5 nitrogen and oxygen atoms in total. The van der Waals surface area contributed by atoms with Crippen molar-refractivity contribution in [1.29, 1.82) is 0 Å². The summed E-state index contributed by atoms with van der Waals surface area (Å²) in [7, 11) is 1.59. The molecule has 1 fully saturated rings. The number of ether oxygens (including phenoxy) is 2. The van der Waals surface area contributed by atoms with Crippen LogP contribution in [0.15, 0.2) is 29.3 Å². The van der Waals surface area contributed by atoms with Crippen LogP contribution in [-0.4, -0.2) is 42.3 Å². The van der Waals surface area contributed by atoms with Gasteiger partial charge in [-0.3, -0.25) is 9.69 Å². The van der Waals surface area contributed by atoms with Crippen molar-refractivity contribution in [3.05, 3.63) is 34.8 Å². The van der Waals surface area contributed by atoms with E-state index >= 15 is 0 Å². The summed E-state index contributed by atoms with van der Waals surface area (Å²) in [6, 6.07) is 3.43. The van der Waals surface area contributed by atoms with Gasteiger partial charge in [-0.1, -0.05) is 12.7 Å². The van der Waals surface area contributed by atoms with Gasteiger partial charge in [-0.2, -0.15) is 0 Å². The first kappa shape index (κ1) is 16.8. The first-order valence-corrected chi connectivity index (χ1v) is 7.93. The van der Waals surface area contributed by atoms with Crippen molar-refractivity contribution in [2.24, 2.45) is 0 Å². The van der Waals surface area contributed by atoms with Crippen molar-refractivity contribution in [2.75, 3.05) is 20.3 Å². The average Bonchev–Trinajstić information content (AvgIpc) is 2.94. The number of carboxylic acid groups (broad SMARTS) is 1. The van der Waals surface area contributed by atoms with Gasteiger partial charge in [-0.15, -0.1) is 0 Å². The quantitative estimate of drug-likeness (QED) is 0.748. The minimum atomic E-state index is -0.755. The second-order valence-corrected chi connectivity index (χ2v) is 6.03. The number of methoxy groups -OCH3 is 1. The summed E-state index contributed by atoms with van der Waals surface area (Å²) in [4.78, 5) is 13.2. The molecule has 0 aliphatic carbocycles. The van der Waals surface area contributed by atoms with E-state index in [0.29, 0.717) is 31.1 Å². The lowest BCUT2D eigenvalue weighted by atomic mass is 10.1. The van der Waals surface area contributed by atoms with Crippen LogP contribution in [0.2, 0.25) is 0 Å². The minimum absolute atomic E-state index is 0.390. The molecule has 1 heterocycles. The molecule has 0 saturated carbocycles.